The van der Waals surface area contributed by atoms with Crippen molar-refractivity contribution in [3.63, 3.8) is 0 Å². The largest absolute Gasteiger partial charge is 0.490 e. The molecule has 0 saturated carbocycles. The van der Waals surface area contributed by atoms with E-state index >= 15 is 0 Å². The van der Waals surface area contributed by atoms with E-state index in [1.807, 2.05) is 47.4 Å². The number of carbonyl (C=O) groups is 3. The zero-order valence-electron chi connectivity index (χ0n) is 18.9. The van der Waals surface area contributed by atoms with Crippen molar-refractivity contribution in [1.82, 2.24) is 9.80 Å². The summed E-state index contributed by atoms with van der Waals surface area (Å²) < 4.78 is 5.60. The first-order valence-corrected chi connectivity index (χ1v) is 11.7. The molecule has 0 aliphatic carbocycles. The molecule has 2 aromatic carbocycles. The number of amides is 3. The van der Waals surface area contributed by atoms with Crippen LogP contribution in [0.15, 0.2) is 54.6 Å². The van der Waals surface area contributed by atoms with E-state index in [-0.39, 0.29) is 30.6 Å². The first-order valence-electron chi connectivity index (χ1n) is 11.7. The van der Waals surface area contributed by atoms with Gasteiger partial charge < -0.3 is 19.4 Å². The predicted molar refractivity (Wildman–Crippen MR) is 126 cm³/mol. The van der Waals surface area contributed by atoms with Crippen molar-refractivity contribution in [1.29, 1.82) is 0 Å². The molecule has 0 radical (unpaired) electrons. The minimum Gasteiger partial charge on any atom is -0.490 e. The Morgan fingerprint density at radius 1 is 0.697 bits per heavy atom. The number of hydrogen-bond donors (Lipinski definition) is 0. The quantitative estimate of drug-likeness (QED) is 0.652. The number of carbonyl (C=O) groups excluding carboxylic acids is 3. The summed E-state index contributed by atoms with van der Waals surface area (Å²) >= 11 is 0. The summed E-state index contributed by atoms with van der Waals surface area (Å²) in [5.74, 6) is 0.763. The minimum absolute atomic E-state index is 0.0268. The first kappa shape index (κ1) is 22.8. The van der Waals surface area contributed by atoms with Crippen LogP contribution in [0.1, 0.15) is 31.2 Å². The van der Waals surface area contributed by atoms with Gasteiger partial charge in [-0.15, -0.1) is 0 Å². The summed E-state index contributed by atoms with van der Waals surface area (Å²) in [6.45, 7) is 3.12. The van der Waals surface area contributed by atoms with Crippen molar-refractivity contribution >= 4 is 23.4 Å². The molecule has 174 valence electrons. The van der Waals surface area contributed by atoms with Crippen LogP contribution >= 0.6 is 0 Å². The van der Waals surface area contributed by atoms with Crippen molar-refractivity contribution < 1.29 is 19.1 Å². The van der Waals surface area contributed by atoms with Crippen LogP contribution in [0.4, 0.5) is 5.69 Å². The number of nitrogens with zero attached hydrogens (tertiary/aromatic N) is 3. The van der Waals surface area contributed by atoms with Crippen molar-refractivity contribution in [2.75, 3.05) is 44.2 Å². The van der Waals surface area contributed by atoms with E-state index in [0.29, 0.717) is 51.5 Å². The maximum absolute atomic E-state index is 12.7. The second-order valence-corrected chi connectivity index (χ2v) is 8.46. The Bertz CT molecular complexity index is 971. The second kappa shape index (κ2) is 11.0. The molecular formula is C26H31N3O4. The molecule has 1 fully saturated rings. The Morgan fingerprint density at radius 3 is 2.03 bits per heavy atom. The van der Waals surface area contributed by atoms with Crippen LogP contribution in [-0.4, -0.2) is 66.9 Å². The van der Waals surface area contributed by atoms with Gasteiger partial charge in [-0.25, -0.2) is 0 Å². The molecule has 0 aromatic heterocycles. The molecule has 7 heteroatoms. The van der Waals surface area contributed by atoms with E-state index in [1.54, 1.807) is 9.80 Å². The molecule has 0 bridgehead atoms. The average Bonchev–Trinajstić information content (AvgIpc) is 2.87. The van der Waals surface area contributed by atoms with Gasteiger partial charge in [-0.3, -0.25) is 14.4 Å². The van der Waals surface area contributed by atoms with Crippen LogP contribution in [-0.2, 0) is 20.8 Å². The third kappa shape index (κ3) is 5.92. The van der Waals surface area contributed by atoms with Crippen LogP contribution in [0.25, 0.3) is 0 Å². The topological polar surface area (TPSA) is 70.2 Å². The van der Waals surface area contributed by atoms with Gasteiger partial charge in [0.1, 0.15) is 12.4 Å². The van der Waals surface area contributed by atoms with Crippen LogP contribution in [0, 0.1) is 0 Å². The molecule has 7 nitrogen and oxygen atoms in total. The van der Waals surface area contributed by atoms with Crippen LogP contribution in [0.2, 0.25) is 0 Å². The van der Waals surface area contributed by atoms with E-state index in [9.17, 15) is 14.4 Å². The molecule has 3 amide bonds. The lowest BCUT2D eigenvalue weighted by molar-refractivity contribution is -0.140. The van der Waals surface area contributed by atoms with E-state index in [0.717, 1.165) is 18.5 Å². The van der Waals surface area contributed by atoms with Gasteiger partial charge in [0.05, 0.1) is 12.2 Å². The number of aryl methyl sites for hydroxylation is 1. The lowest BCUT2D eigenvalue weighted by atomic mass is 10.1. The summed E-state index contributed by atoms with van der Waals surface area (Å²) in [6, 6.07) is 17.7. The van der Waals surface area contributed by atoms with E-state index in [2.05, 4.69) is 12.1 Å². The smallest absolute Gasteiger partial charge is 0.227 e. The molecule has 2 heterocycles. The van der Waals surface area contributed by atoms with Crippen molar-refractivity contribution in [3.8, 4) is 5.75 Å². The zero-order valence-corrected chi connectivity index (χ0v) is 18.9. The maximum Gasteiger partial charge on any atom is 0.227 e. The van der Waals surface area contributed by atoms with Crippen LogP contribution < -0.4 is 9.64 Å². The summed E-state index contributed by atoms with van der Waals surface area (Å²) in [7, 11) is 0. The van der Waals surface area contributed by atoms with Crippen LogP contribution in [0.5, 0.6) is 5.75 Å². The standard InChI is InChI=1S/C26H31N3O4/c30-24(12-6-9-21-7-2-1-3-8-21)27-15-17-28(18-16-27)25(31)13-14-26(32)29-19-20-33-23-11-5-4-10-22(23)29/h1-5,7-8,10-11H,6,9,12-20H2. The number of hydrogen-bond acceptors (Lipinski definition) is 4. The number of fused-ring (bicyclic) bond motifs is 1. The molecule has 0 spiro atoms. The Labute approximate surface area is 194 Å². The lowest BCUT2D eigenvalue weighted by Crippen LogP contribution is -2.50. The number of para-hydroxylation sites is 2. The van der Waals surface area contributed by atoms with Gasteiger partial charge >= 0.3 is 0 Å². The Balaban J connectivity index is 1.17. The van der Waals surface area contributed by atoms with Crippen molar-refractivity contribution in [2.45, 2.75) is 32.1 Å². The fourth-order valence-corrected chi connectivity index (χ4v) is 4.39. The molecule has 2 aliphatic rings. The van der Waals surface area contributed by atoms with Gasteiger partial charge in [-0.05, 0) is 30.5 Å². The molecule has 0 N–H and O–H groups in total. The molecule has 4 rings (SSSR count). The number of anilines is 1. The number of piperazine rings is 1. The molecule has 0 unspecified atom stereocenters. The summed E-state index contributed by atoms with van der Waals surface area (Å²) in [5, 5.41) is 0. The highest BCUT2D eigenvalue weighted by Gasteiger charge is 2.26. The fraction of sp³-hybridized carbons (Fsp3) is 0.423. The normalized spacial score (nSPS) is 15.6. The molecular weight excluding hydrogens is 418 g/mol. The highest BCUT2D eigenvalue weighted by Crippen LogP contribution is 2.31. The molecule has 2 aromatic rings. The molecule has 33 heavy (non-hydrogen) atoms. The minimum atomic E-state index is -0.0636. The molecule has 0 atom stereocenters. The van der Waals surface area contributed by atoms with Crippen molar-refractivity contribution in [2.24, 2.45) is 0 Å². The van der Waals surface area contributed by atoms with Gasteiger partial charge in [-0.1, -0.05) is 42.5 Å². The number of ether oxygens (including phenoxy) is 1. The predicted octanol–water partition coefficient (Wildman–Crippen LogP) is 2.89. The van der Waals surface area contributed by atoms with Gasteiger partial charge in [-0.2, -0.15) is 0 Å². The first-order chi connectivity index (χ1) is 16.1. The molecule has 1 saturated heterocycles. The van der Waals surface area contributed by atoms with E-state index < -0.39 is 0 Å². The summed E-state index contributed by atoms with van der Waals surface area (Å²) in [6.07, 6.45) is 2.61. The highest BCUT2D eigenvalue weighted by atomic mass is 16.5. The lowest BCUT2D eigenvalue weighted by Gasteiger charge is -2.35. The fourth-order valence-electron chi connectivity index (χ4n) is 4.39. The zero-order chi connectivity index (χ0) is 23.0. The van der Waals surface area contributed by atoms with E-state index in [1.165, 1.54) is 5.56 Å². The van der Waals surface area contributed by atoms with Gasteiger partial charge in [0.15, 0.2) is 0 Å². The molecule has 2 aliphatic heterocycles. The van der Waals surface area contributed by atoms with Gasteiger partial charge in [0.25, 0.3) is 0 Å². The Hall–Kier alpha value is -3.35. The van der Waals surface area contributed by atoms with Gasteiger partial charge in [0, 0.05) is 45.4 Å². The third-order valence-corrected chi connectivity index (χ3v) is 6.27. The Morgan fingerprint density at radius 2 is 1.30 bits per heavy atom. The van der Waals surface area contributed by atoms with Crippen molar-refractivity contribution in [3.05, 3.63) is 60.2 Å². The summed E-state index contributed by atoms with van der Waals surface area (Å²) in [4.78, 5) is 43.3. The average molecular weight is 450 g/mol. The third-order valence-electron chi connectivity index (χ3n) is 6.27. The highest BCUT2D eigenvalue weighted by molar-refractivity contribution is 5.97. The second-order valence-electron chi connectivity index (χ2n) is 8.46. The maximum atomic E-state index is 12.7. The van der Waals surface area contributed by atoms with E-state index in [4.69, 9.17) is 4.74 Å². The SMILES string of the molecule is O=C(CCCc1ccccc1)N1CCN(C(=O)CCC(=O)N2CCOc3ccccc32)CC1. The Kier molecular flexibility index (Phi) is 7.60. The summed E-state index contributed by atoms with van der Waals surface area (Å²) in [5.41, 5.74) is 2.01. The number of rotatable bonds is 7. The van der Waals surface area contributed by atoms with Crippen LogP contribution in [0.3, 0.4) is 0 Å². The number of benzene rings is 2. The monoisotopic (exact) mass is 449 g/mol. The van der Waals surface area contributed by atoms with Gasteiger partial charge in [0.2, 0.25) is 17.7 Å².